The van der Waals surface area contributed by atoms with E-state index in [4.69, 9.17) is 0 Å². The van der Waals surface area contributed by atoms with Crippen LogP contribution in [0.1, 0.15) is 17.7 Å². The fourth-order valence-corrected chi connectivity index (χ4v) is 2.86. The van der Waals surface area contributed by atoms with Crippen LogP contribution in [0.2, 0.25) is 0 Å². The molecule has 66 valence electrons. The summed E-state index contributed by atoms with van der Waals surface area (Å²) in [6, 6.07) is 6.35. The maximum atomic E-state index is 3.61. The topological polar surface area (TPSA) is 15.8 Å². The summed E-state index contributed by atoms with van der Waals surface area (Å²) in [5.74, 6) is 0. The van der Waals surface area contributed by atoms with Crippen LogP contribution < -0.4 is 0 Å². The van der Waals surface area contributed by atoms with Gasteiger partial charge in [-0.25, -0.2) is 0 Å². The summed E-state index contributed by atoms with van der Waals surface area (Å²) in [6.45, 7) is 0. The van der Waals surface area contributed by atoms with Crippen LogP contribution in [0, 0.1) is 0 Å². The van der Waals surface area contributed by atoms with Gasteiger partial charge in [0, 0.05) is 21.1 Å². The Morgan fingerprint density at radius 2 is 2.15 bits per heavy atom. The third kappa shape index (κ3) is 0.983. The van der Waals surface area contributed by atoms with Crippen molar-refractivity contribution in [1.82, 2.24) is 4.98 Å². The lowest BCUT2D eigenvalue weighted by Crippen LogP contribution is -1.76. The minimum Gasteiger partial charge on any atom is -0.358 e. The van der Waals surface area contributed by atoms with E-state index in [-0.39, 0.29) is 0 Å². The third-order valence-electron chi connectivity index (χ3n) is 2.82. The van der Waals surface area contributed by atoms with Gasteiger partial charge in [-0.2, -0.15) is 0 Å². The number of rotatable bonds is 0. The minimum atomic E-state index is 1.22. The first kappa shape index (κ1) is 7.63. The molecule has 0 saturated heterocycles. The number of aryl methyl sites for hydroxylation is 2. The Morgan fingerprint density at radius 1 is 1.23 bits per heavy atom. The molecule has 0 saturated carbocycles. The first-order valence-electron chi connectivity index (χ1n) is 4.64. The molecule has 3 rings (SSSR count). The van der Waals surface area contributed by atoms with E-state index in [2.05, 4.69) is 39.1 Å². The summed E-state index contributed by atoms with van der Waals surface area (Å²) in [7, 11) is 0. The number of hydrogen-bond donors (Lipinski definition) is 1. The summed E-state index contributed by atoms with van der Waals surface area (Å²) >= 11 is 3.61. The summed E-state index contributed by atoms with van der Waals surface area (Å²) < 4.78 is 1.23. The molecule has 1 aliphatic rings. The van der Waals surface area contributed by atoms with E-state index in [1.165, 1.54) is 45.9 Å². The standard InChI is InChI=1S/C11H10BrN/c12-8-4-2-6-10-11(8)7-3-1-5-9(7)13-10/h2,4,6,13H,1,3,5H2. The SMILES string of the molecule is Brc1cccc2[nH]c3c(c12)CCC3. The third-order valence-corrected chi connectivity index (χ3v) is 3.48. The molecule has 0 aliphatic heterocycles. The first-order valence-corrected chi connectivity index (χ1v) is 5.43. The highest BCUT2D eigenvalue weighted by molar-refractivity contribution is 9.10. The van der Waals surface area contributed by atoms with Gasteiger partial charge in [-0.3, -0.25) is 0 Å². The molecule has 1 aromatic carbocycles. The second-order valence-corrected chi connectivity index (χ2v) is 4.45. The summed E-state index contributed by atoms with van der Waals surface area (Å²) in [5, 5.41) is 1.40. The van der Waals surface area contributed by atoms with Crippen molar-refractivity contribution >= 4 is 26.8 Å². The van der Waals surface area contributed by atoms with Crippen molar-refractivity contribution in [1.29, 1.82) is 0 Å². The van der Waals surface area contributed by atoms with Crippen molar-refractivity contribution < 1.29 is 0 Å². The molecule has 2 aromatic rings. The molecule has 1 heterocycles. The van der Waals surface area contributed by atoms with Crippen LogP contribution in [0.25, 0.3) is 10.9 Å². The van der Waals surface area contributed by atoms with Crippen LogP contribution in [0.15, 0.2) is 22.7 Å². The highest BCUT2D eigenvalue weighted by Crippen LogP contribution is 2.34. The van der Waals surface area contributed by atoms with Crippen molar-refractivity contribution in [2.45, 2.75) is 19.3 Å². The summed E-state index contributed by atoms with van der Waals surface area (Å²) in [6.07, 6.45) is 3.76. The van der Waals surface area contributed by atoms with Crippen LogP contribution in [-0.2, 0) is 12.8 Å². The normalized spacial score (nSPS) is 15.2. The molecule has 0 atom stereocenters. The Labute approximate surface area is 85.3 Å². The monoisotopic (exact) mass is 235 g/mol. The second-order valence-electron chi connectivity index (χ2n) is 3.60. The summed E-state index contributed by atoms with van der Waals surface area (Å²) in [5.41, 5.74) is 4.25. The number of benzene rings is 1. The number of aromatic amines is 1. The average Bonchev–Trinajstić information content (AvgIpc) is 2.62. The van der Waals surface area contributed by atoms with E-state index in [1.807, 2.05) is 0 Å². The quantitative estimate of drug-likeness (QED) is 0.721. The van der Waals surface area contributed by atoms with Crippen molar-refractivity contribution in [3.8, 4) is 0 Å². The zero-order chi connectivity index (χ0) is 8.84. The van der Waals surface area contributed by atoms with Gasteiger partial charge >= 0.3 is 0 Å². The Hall–Kier alpha value is -0.760. The predicted octanol–water partition coefficient (Wildman–Crippen LogP) is 3.42. The van der Waals surface area contributed by atoms with Crippen molar-refractivity contribution in [2.24, 2.45) is 0 Å². The zero-order valence-corrected chi connectivity index (χ0v) is 8.82. The molecule has 2 heteroatoms. The van der Waals surface area contributed by atoms with Gasteiger partial charge in [-0.1, -0.05) is 22.0 Å². The number of hydrogen-bond acceptors (Lipinski definition) is 0. The van der Waals surface area contributed by atoms with Crippen LogP contribution >= 0.6 is 15.9 Å². The Balaban J connectivity index is 2.46. The number of H-pyrrole nitrogens is 1. The second kappa shape index (κ2) is 2.61. The molecule has 1 N–H and O–H groups in total. The van der Waals surface area contributed by atoms with Crippen LogP contribution in [0.3, 0.4) is 0 Å². The van der Waals surface area contributed by atoms with Gasteiger partial charge in [-0.15, -0.1) is 0 Å². The predicted molar refractivity (Wildman–Crippen MR) is 58.0 cm³/mol. The highest BCUT2D eigenvalue weighted by atomic mass is 79.9. The molecule has 0 spiro atoms. The molecular weight excluding hydrogens is 226 g/mol. The fraction of sp³-hybridized carbons (Fsp3) is 0.273. The number of halogens is 1. The Kier molecular flexibility index (Phi) is 1.53. The van der Waals surface area contributed by atoms with Gasteiger partial charge < -0.3 is 4.98 Å². The largest absolute Gasteiger partial charge is 0.358 e. The van der Waals surface area contributed by atoms with Crippen molar-refractivity contribution in [3.05, 3.63) is 33.9 Å². The number of aromatic nitrogens is 1. The highest BCUT2D eigenvalue weighted by Gasteiger charge is 2.17. The van der Waals surface area contributed by atoms with Gasteiger partial charge in [-0.05, 0) is 37.0 Å². The lowest BCUT2D eigenvalue weighted by atomic mass is 10.1. The summed E-state index contributed by atoms with van der Waals surface area (Å²) in [4.78, 5) is 3.49. The number of fused-ring (bicyclic) bond motifs is 3. The van der Waals surface area contributed by atoms with Gasteiger partial charge in [0.15, 0.2) is 0 Å². The van der Waals surface area contributed by atoms with E-state index >= 15 is 0 Å². The number of nitrogens with one attached hydrogen (secondary N) is 1. The fourth-order valence-electron chi connectivity index (χ4n) is 2.26. The maximum absolute atomic E-state index is 3.61. The Bertz CT molecular complexity index is 470. The average molecular weight is 236 g/mol. The molecule has 0 unspecified atom stereocenters. The van der Waals surface area contributed by atoms with Crippen LogP contribution in [0.4, 0.5) is 0 Å². The van der Waals surface area contributed by atoms with Gasteiger partial charge in [0.05, 0.1) is 0 Å². The van der Waals surface area contributed by atoms with E-state index in [9.17, 15) is 0 Å². The lowest BCUT2D eigenvalue weighted by Gasteiger charge is -1.96. The van der Waals surface area contributed by atoms with Gasteiger partial charge in [0.1, 0.15) is 0 Å². The molecule has 0 amide bonds. The molecule has 13 heavy (non-hydrogen) atoms. The van der Waals surface area contributed by atoms with Gasteiger partial charge in [0.2, 0.25) is 0 Å². The van der Waals surface area contributed by atoms with Crippen molar-refractivity contribution in [2.75, 3.05) is 0 Å². The van der Waals surface area contributed by atoms with Gasteiger partial charge in [0.25, 0.3) is 0 Å². The van der Waals surface area contributed by atoms with Crippen LogP contribution in [-0.4, -0.2) is 4.98 Å². The first-order chi connectivity index (χ1) is 6.36. The lowest BCUT2D eigenvalue weighted by molar-refractivity contribution is 0.899. The zero-order valence-electron chi connectivity index (χ0n) is 7.23. The van der Waals surface area contributed by atoms with Crippen molar-refractivity contribution in [3.63, 3.8) is 0 Å². The minimum absolute atomic E-state index is 1.22. The molecule has 0 fully saturated rings. The van der Waals surface area contributed by atoms with E-state index in [1.54, 1.807) is 0 Å². The molecule has 0 radical (unpaired) electrons. The molecule has 1 aromatic heterocycles. The molecule has 1 aliphatic carbocycles. The van der Waals surface area contributed by atoms with E-state index < -0.39 is 0 Å². The molecular formula is C11H10BrN. The van der Waals surface area contributed by atoms with E-state index in [0.717, 1.165) is 0 Å². The Morgan fingerprint density at radius 3 is 3.08 bits per heavy atom. The smallest absolute Gasteiger partial charge is 0.0470 e. The molecule has 1 nitrogen and oxygen atoms in total. The molecule has 0 bridgehead atoms. The van der Waals surface area contributed by atoms with Crippen LogP contribution in [0.5, 0.6) is 0 Å². The maximum Gasteiger partial charge on any atom is 0.0470 e. The van der Waals surface area contributed by atoms with E-state index in [0.29, 0.717) is 0 Å².